The first-order valence-electron chi connectivity index (χ1n) is 5.59. The average Bonchev–Trinajstić information content (AvgIpc) is 2.70. The highest BCUT2D eigenvalue weighted by atomic mass is 16.5. The van der Waals surface area contributed by atoms with Crippen LogP contribution in [0.2, 0.25) is 0 Å². The highest BCUT2D eigenvalue weighted by molar-refractivity contribution is 5.98. The molecular weight excluding hydrogens is 248 g/mol. The number of ether oxygens (including phenoxy) is 1. The van der Waals surface area contributed by atoms with Crippen molar-refractivity contribution in [1.29, 1.82) is 0 Å². The number of methoxy groups -OCH3 is 1. The molecule has 0 atom stereocenters. The Morgan fingerprint density at radius 1 is 1.42 bits per heavy atom. The van der Waals surface area contributed by atoms with E-state index in [1.165, 1.54) is 7.11 Å². The van der Waals surface area contributed by atoms with Gasteiger partial charge in [-0.05, 0) is 31.0 Å². The van der Waals surface area contributed by atoms with Gasteiger partial charge in [0.15, 0.2) is 0 Å². The minimum Gasteiger partial charge on any atom is -0.496 e. The molecule has 1 heterocycles. The second kappa shape index (κ2) is 4.64. The van der Waals surface area contributed by atoms with Crippen molar-refractivity contribution in [2.75, 3.05) is 12.8 Å². The SMILES string of the molecule is COc1c(C)cc(C)cc1-c1c(C(=O)O)noc1N. The van der Waals surface area contributed by atoms with Gasteiger partial charge in [-0.15, -0.1) is 0 Å². The largest absolute Gasteiger partial charge is 0.496 e. The van der Waals surface area contributed by atoms with Gasteiger partial charge in [0, 0.05) is 5.56 Å². The number of aromatic nitrogens is 1. The monoisotopic (exact) mass is 262 g/mol. The number of carboxylic acids is 1. The molecule has 100 valence electrons. The molecule has 6 nitrogen and oxygen atoms in total. The number of aromatic carboxylic acids is 1. The minimum atomic E-state index is -1.20. The molecule has 0 amide bonds. The summed E-state index contributed by atoms with van der Waals surface area (Å²) in [6, 6.07) is 3.73. The first-order valence-corrected chi connectivity index (χ1v) is 5.59. The summed E-state index contributed by atoms with van der Waals surface area (Å²) in [4.78, 5) is 11.2. The van der Waals surface area contributed by atoms with Crippen LogP contribution >= 0.6 is 0 Å². The number of anilines is 1. The lowest BCUT2D eigenvalue weighted by atomic mass is 9.99. The average molecular weight is 262 g/mol. The summed E-state index contributed by atoms with van der Waals surface area (Å²) in [5.41, 5.74) is 8.12. The molecular formula is C13H14N2O4. The van der Waals surface area contributed by atoms with Crippen LogP contribution in [-0.4, -0.2) is 23.3 Å². The molecule has 0 bridgehead atoms. The third-order valence-electron chi connectivity index (χ3n) is 2.81. The Kier molecular flexibility index (Phi) is 3.16. The second-order valence-electron chi connectivity index (χ2n) is 4.24. The number of nitrogen functional groups attached to an aromatic ring is 1. The van der Waals surface area contributed by atoms with Crippen molar-refractivity contribution in [3.05, 3.63) is 29.0 Å². The predicted molar refractivity (Wildman–Crippen MR) is 69.3 cm³/mol. The normalized spacial score (nSPS) is 10.5. The third kappa shape index (κ3) is 2.12. The Labute approximate surface area is 109 Å². The Hall–Kier alpha value is -2.50. The number of carbonyl (C=O) groups is 1. The molecule has 0 aliphatic carbocycles. The molecule has 19 heavy (non-hydrogen) atoms. The van der Waals surface area contributed by atoms with E-state index in [-0.39, 0.29) is 17.1 Å². The molecule has 1 aromatic carbocycles. The van der Waals surface area contributed by atoms with Gasteiger partial charge in [-0.25, -0.2) is 4.79 Å². The van der Waals surface area contributed by atoms with E-state index < -0.39 is 5.97 Å². The van der Waals surface area contributed by atoms with E-state index in [2.05, 4.69) is 5.16 Å². The fourth-order valence-corrected chi connectivity index (χ4v) is 2.12. The van der Waals surface area contributed by atoms with Crippen LogP contribution in [0.4, 0.5) is 5.88 Å². The van der Waals surface area contributed by atoms with Crippen LogP contribution in [0.15, 0.2) is 16.7 Å². The highest BCUT2D eigenvalue weighted by Crippen LogP contribution is 2.39. The van der Waals surface area contributed by atoms with E-state index in [0.717, 1.165) is 11.1 Å². The lowest BCUT2D eigenvalue weighted by Crippen LogP contribution is -2.01. The molecule has 0 aliphatic heterocycles. The van der Waals surface area contributed by atoms with Gasteiger partial charge in [0.25, 0.3) is 0 Å². The molecule has 1 aromatic heterocycles. The van der Waals surface area contributed by atoms with Crippen LogP contribution in [0.3, 0.4) is 0 Å². The van der Waals surface area contributed by atoms with Gasteiger partial charge < -0.3 is 20.1 Å². The first-order chi connectivity index (χ1) is 8.95. The van der Waals surface area contributed by atoms with Gasteiger partial charge in [-0.2, -0.15) is 0 Å². The minimum absolute atomic E-state index is 0.0410. The smallest absolute Gasteiger partial charge is 0.358 e. The summed E-state index contributed by atoms with van der Waals surface area (Å²) < 4.78 is 10.1. The molecule has 2 rings (SSSR count). The molecule has 0 saturated heterocycles. The van der Waals surface area contributed by atoms with Crippen molar-refractivity contribution in [3.8, 4) is 16.9 Å². The number of hydrogen-bond donors (Lipinski definition) is 2. The molecule has 0 spiro atoms. The zero-order chi connectivity index (χ0) is 14.2. The zero-order valence-corrected chi connectivity index (χ0v) is 10.9. The van der Waals surface area contributed by atoms with Crippen molar-refractivity contribution in [3.63, 3.8) is 0 Å². The Morgan fingerprint density at radius 2 is 2.11 bits per heavy atom. The molecule has 0 saturated carbocycles. The summed E-state index contributed by atoms with van der Waals surface area (Å²) in [7, 11) is 1.52. The molecule has 3 N–H and O–H groups in total. The van der Waals surface area contributed by atoms with Gasteiger partial charge in [0.05, 0.1) is 12.7 Å². The fourth-order valence-electron chi connectivity index (χ4n) is 2.12. The van der Waals surface area contributed by atoms with E-state index in [0.29, 0.717) is 11.3 Å². The maximum absolute atomic E-state index is 11.2. The summed E-state index contributed by atoms with van der Waals surface area (Å²) in [5, 5.41) is 12.6. The Bertz CT molecular complexity index is 646. The predicted octanol–water partition coefficient (Wildman–Crippen LogP) is 2.25. The third-order valence-corrected chi connectivity index (χ3v) is 2.81. The van der Waals surface area contributed by atoms with Crippen molar-refractivity contribution < 1.29 is 19.2 Å². The molecule has 0 fully saturated rings. The molecule has 0 aliphatic rings. The van der Waals surface area contributed by atoms with Gasteiger partial charge in [-0.3, -0.25) is 0 Å². The molecule has 0 unspecified atom stereocenters. The zero-order valence-electron chi connectivity index (χ0n) is 10.9. The van der Waals surface area contributed by atoms with Crippen LogP contribution in [0.1, 0.15) is 21.6 Å². The number of carboxylic acid groups (broad SMARTS) is 1. The van der Waals surface area contributed by atoms with E-state index in [9.17, 15) is 4.79 Å². The van der Waals surface area contributed by atoms with Crippen LogP contribution in [0.5, 0.6) is 5.75 Å². The van der Waals surface area contributed by atoms with Crippen LogP contribution < -0.4 is 10.5 Å². The number of rotatable bonds is 3. The van der Waals surface area contributed by atoms with Gasteiger partial charge in [0.1, 0.15) is 5.75 Å². The van der Waals surface area contributed by atoms with Crippen LogP contribution in [0, 0.1) is 13.8 Å². The van der Waals surface area contributed by atoms with Crippen molar-refractivity contribution in [1.82, 2.24) is 5.16 Å². The summed E-state index contributed by atoms with van der Waals surface area (Å²) in [6.45, 7) is 3.78. The Balaban J connectivity index is 2.78. The van der Waals surface area contributed by atoms with Crippen molar-refractivity contribution >= 4 is 11.9 Å². The highest BCUT2D eigenvalue weighted by Gasteiger charge is 2.24. The van der Waals surface area contributed by atoms with Gasteiger partial charge in [-0.1, -0.05) is 11.2 Å². The van der Waals surface area contributed by atoms with Gasteiger partial charge >= 0.3 is 5.97 Å². The van der Waals surface area contributed by atoms with Crippen molar-refractivity contribution in [2.24, 2.45) is 0 Å². The van der Waals surface area contributed by atoms with Crippen LogP contribution in [-0.2, 0) is 0 Å². The topological polar surface area (TPSA) is 98.6 Å². The number of nitrogens with two attached hydrogens (primary N) is 1. The molecule has 0 radical (unpaired) electrons. The van der Waals surface area contributed by atoms with E-state index in [1.54, 1.807) is 6.07 Å². The van der Waals surface area contributed by atoms with E-state index >= 15 is 0 Å². The van der Waals surface area contributed by atoms with E-state index in [4.69, 9.17) is 20.1 Å². The second-order valence-corrected chi connectivity index (χ2v) is 4.24. The first kappa shape index (κ1) is 12.9. The van der Waals surface area contributed by atoms with Crippen molar-refractivity contribution in [2.45, 2.75) is 13.8 Å². The van der Waals surface area contributed by atoms with Crippen LogP contribution in [0.25, 0.3) is 11.1 Å². The number of aryl methyl sites for hydroxylation is 2. The lowest BCUT2D eigenvalue weighted by Gasteiger charge is -2.12. The summed E-state index contributed by atoms with van der Waals surface area (Å²) in [6.07, 6.45) is 0. The lowest BCUT2D eigenvalue weighted by molar-refractivity contribution is 0.0686. The maximum atomic E-state index is 11.2. The molecule has 6 heteroatoms. The number of nitrogens with zero attached hydrogens (tertiary/aromatic N) is 1. The summed E-state index contributed by atoms with van der Waals surface area (Å²) >= 11 is 0. The number of benzene rings is 1. The fraction of sp³-hybridized carbons (Fsp3) is 0.231. The Morgan fingerprint density at radius 3 is 2.68 bits per heavy atom. The maximum Gasteiger partial charge on any atom is 0.358 e. The van der Waals surface area contributed by atoms with E-state index in [1.807, 2.05) is 19.9 Å². The number of hydrogen-bond acceptors (Lipinski definition) is 5. The standard InChI is InChI=1S/C13H14N2O4/c1-6-4-7(2)11(18-3)8(5-6)9-10(13(16)17)15-19-12(9)14/h4-5H,14H2,1-3H3,(H,16,17). The quantitative estimate of drug-likeness (QED) is 0.880. The summed E-state index contributed by atoms with van der Waals surface area (Å²) in [5.74, 6) is -0.680. The van der Waals surface area contributed by atoms with Gasteiger partial charge in [0.2, 0.25) is 11.6 Å². The molecule has 2 aromatic rings.